The van der Waals surface area contributed by atoms with Gasteiger partial charge in [-0.3, -0.25) is 6.92 Å². The van der Waals surface area contributed by atoms with Gasteiger partial charge in [0.1, 0.15) is 0 Å². The summed E-state index contributed by atoms with van der Waals surface area (Å²) in [5.41, 5.74) is 0. The van der Waals surface area contributed by atoms with E-state index in [2.05, 4.69) is 34.6 Å². The van der Waals surface area contributed by atoms with Crippen molar-refractivity contribution in [1.82, 2.24) is 0 Å². The molecule has 0 aliphatic heterocycles. The van der Waals surface area contributed by atoms with Crippen molar-refractivity contribution in [3.05, 3.63) is 21.8 Å². The second kappa shape index (κ2) is 40.0. The summed E-state index contributed by atoms with van der Waals surface area (Å²) in [4.78, 5) is 0. The maximum absolute atomic E-state index is 9.34. The predicted molar refractivity (Wildman–Crippen MR) is 162 cm³/mol. The Morgan fingerprint density at radius 2 is 0.744 bits per heavy atom. The smallest absolute Gasteiger partial charge is 0.188 e. The second-order valence-electron chi connectivity index (χ2n) is 10.1. The van der Waals surface area contributed by atoms with Gasteiger partial charge in [0, 0.05) is 84.4 Å². The number of ether oxygens (including phenoxy) is 4. The van der Waals surface area contributed by atoms with E-state index in [9.17, 15) is 5.11 Å². The van der Waals surface area contributed by atoms with Gasteiger partial charge in [0.15, 0.2) is 5.79 Å². The van der Waals surface area contributed by atoms with Gasteiger partial charge in [-0.15, -0.1) is 0 Å². The van der Waals surface area contributed by atoms with Crippen LogP contribution in [0.4, 0.5) is 0 Å². The molecule has 0 amide bonds. The number of aliphatic hydroxyl groups excluding tert-OH is 1. The Kier molecular flexibility index (Phi) is 54.9. The fourth-order valence-corrected chi connectivity index (χ4v) is 3.44. The Morgan fingerprint density at radius 3 is 0.974 bits per heavy atom. The molecule has 0 saturated carbocycles. The van der Waals surface area contributed by atoms with E-state index in [0.29, 0.717) is 13.2 Å². The summed E-state index contributed by atoms with van der Waals surface area (Å²) in [5, 5.41) is 9.34. The van der Waals surface area contributed by atoms with Gasteiger partial charge in [-0.2, -0.15) is 0 Å². The molecular weight excluding hydrogens is 642 g/mol. The minimum absolute atomic E-state index is 0. The Morgan fingerprint density at radius 1 is 0.487 bits per heavy atom. The van der Waals surface area contributed by atoms with Gasteiger partial charge in [0.2, 0.25) is 0 Å². The van der Waals surface area contributed by atoms with E-state index in [0.717, 1.165) is 38.9 Å². The molecule has 0 bridgehead atoms. The topological polar surface area (TPSA) is 57.2 Å². The van der Waals surface area contributed by atoms with E-state index >= 15 is 0 Å². The van der Waals surface area contributed by atoms with Crippen LogP contribution in [-0.4, -0.2) is 49.7 Å². The maximum Gasteiger partial charge on any atom is 0.188 e. The Bertz CT molecular complexity index is 382. The zero-order valence-corrected chi connectivity index (χ0v) is 33.5. The zero-order valence-electron chi connectivity index (χ0n) is 27.8. The number of hydrogen-bond donors (Lipinski definition) is 1. The molecule has 236 valence electrons. The minimum atomic E-state index is -0.807. The normalized spacial score (nSPS) is 10.8. The molecule has 0 spiro atoms. The van der Waals surface area contributed by atoms with Crippen LogP contribution in [0.2, 0.25) is 0 Å². The van der Waals surface area contributed by atoms with Crippen LogP contribution in [0, 0.1) is 21.8 Å². The molecule has 5 nitrogen and oxygen atoms in total. The monoisotopic (exact) mass is 711 g/mol. The third-order valence-corrected chi connectivity index (χ3v) is 5.91. The largest absolute Gasteiger partial charge is 0.391 e. The SMILES string of the molecule is CCCCCCOC(C)(CO)OCCCCCC.[CH2-]C(C)(OCCCCCC)OCCCCCC.[CH3-].[CH3-].[Y].[Y]. The molecule has 0 heterocycles. The fourth-order valence-electron chi connectivity index (χ4n) is 3.44. The molecule has 0 aromatic heterocycles. The summed E-state index contributed by atoms with van der Waals surface area (Å²) in [6.07, 6.45) is 19.2. The van der Waals surface area contributed by atoms with Crippen molar-refractivity contribution < 1.29 is 89.5 Å². The van der Waals surface area contributed by atoms with E-state index in [1.54, 1.807) is 0 Å². The number of aliphatic hydroxyl groups is 1. The van der Waals surface area contributed by atoms with Gasteiger partial charge < -0.3 is 38.9 Å². The molecule has 0 saturated heterocycles. The quantitative estimate of drug-likeness (QED) is 0.0581. The summed E-state index contributed by atoms with van der Waals surface area (Å²) >= 11 is 0. The first-order valence-electron chi connectivity index (χ1n) is 14.8. The molecule has 0 fully saturated rings. The van der Waals surface area contributed by atoms with Crippen molar-refractivity contribution in [3.63, 3.8) is 0 Å². The van der Waals surface area contributed by atoms with Gasteiger partial charge in [-0.1, -0.05) is 105 Å². The number of rotatable bonds is 25. The van der Waals surface area contributed by atoms with Crippen molar-refractivity contribution in [2.75, 3.05) is 33.0 Å². The van der Waals surface area contributed by atoms with Crippen molar-refractivity contribution in [1.29, 1.82) is 0 Å². The van der Waals surface area contributed by atoms with Crippen molar-refractivity contribution in [2.24, 2.45) is 0 Å². The van der Waals surface area contributed by atoms with Crippen LogP contribution in [0.5, 0.6) is 0 Å². The summed E-state index contributed by atoms with van der Waals surface area (Å²) in [5.74, 6) is -1.46. The molecule has 1 N–H and O–H groups in total. The summed E-state index contributed by atoms with van der Waals surface area (Å²) in [6, 6.07) is 0. The van der Waals surface area contributed by atoms with Crippen LogP contribution < -0.4 is 0 Å². The van der Waals surface area contributed by atoms with Crippen LogP contribution in [0.3, 0.4) is 0 Å². The van der Waals surface area contributed by atoms with Gasteiger partial charge >= 0.3 is 0 Å². The Hall–Kier alpha value is 2.01. The van der Waals surface area contributed by atoms with Crippen molar-refractivity contribution in [3.8, 4) is 0 Å². The van der Waals surface area contributed by atoms with Crippen molar-refractivity contribution in [2.45, 2.75) is 156 Å². The third kappa shape index (κ3) is 42.2. The van der Waals surface area contributed by atoms with Crippen LogP contribution in [-0.2, 0) is 84.4 Å². The van der Waals surface area contributed by atoms with Crippen LogP contribution >= 0.6 is 0 Å². The first kappa shape index (κ1) is 53.6. The minimum Gasteiger partial charge on any atom is -0.391 e. The molecule has 39 heavy (non-hydrogen) atoms. The standard InChI is InChI=1S/C15H32O3.C15H31O2.2CH3.2Y/c1-4-6-8-10-12-17-15(3,14-16)18-13-11-9-7-5-2;1-5-7-9-11-13-16-15(3,4)17-14-12-10-8-6-2;;;;/h16H,4-14H2,1-3H3;3,5-14H2,1-2,4H3;2*1H3;;/q;3*-1;;. The van der Waals surface area contributed by atoms with E-state index in [1.807, 2.05) is 13.8 Å². The van der Waals surface area contributed by atoms with E-state index < -0.39 is 11.6 Å². The molecule has 2 radical (unpaired) electrons. The first-order chi connectivity index (χ1) is 16.8. The summed E-state index contributed by atoms with van der Waals surface area (Å²) in [7, 11) is 0. The predicted octanol–water partition coefficient (Wildman–Crippen LogP) is 9.51. The zero-order chi connectivity index (χ0) is 26.7. The van der Waals surface area contributed by atoms with E-state index in [1.165, 1.54) is 77.0 Å². The molecular formula is C32H69O5Y2-3. The van der Waals surface area contributed by atoms with Crippen LogP contribution in [0.25, 0.3) is 0 Å². The molecule has 0 aliphatic rings. The third-order valence-electron chi connectivity index (χ3n) is 5.91. The first-order valence-corrected chi connectivity index (χ1v) is 14.8. The molecule has 7 heteroatoms. The molecule has 0 aromatic rings. The summed E-state index contributed by atoms with van der Waals surface area (Å²) in [6.45, 7) is 19.3. The number of unbranched alkanes of at least 4 members (excludes halogenated alkanes) is 12. The van der Waals surface area contributed by atoms with Gasteiger partial charge in [-0.25, -0.2) is 0 Å². The Balaban J connectivity index is -0.000000127. The molecule has 0 atom stereocenters. The molecule has 0 aliphatic carbocycles. The van der Waals surface area contributed by atoms with E-state index in [4.69, 9.17) is 18.9 Å². The van der Waals surface area contributed by atoms with Crippen LogP contribution in [0.1, 0.15) is 144 Å². The van der Waals surface area contributed by atoms with Gasteiger partial charge in [-0.05, 0) is 39.5 Å². The van der Waals surface area contributed by atoms with Crippen molar-refractivity contribution >= 4 is 0 Å². The molecule has 0 unspecified atom stereocenters. The van der Waals surface area contributed by atoms with Gasteiger partial charge in [0.05, 0.1) is 19.8 Å². The van der Waals surface area contributed by atoms with Gasteiger partial charge in [0.25, 0.3) is 0 Å². The number of hydrogen-bond acceptors (Lipinski definition) is 5. The average molecular weight is 712 g/mol. The van der Waals surface area contributed by atoms with Crippen LogP contribution in [0.15, 0.2) is 0 Å². The average Bonchev–Trinajstić information content (AvgIpc) is 2.84. The maximum atomic E-state index is 9.34. The fraction of sp³-hybridized carbons (Fsp3) is 0.906. The molecule has 0 rings (SSSR count). The summed E-state index contributed by atoms with van der Waals surface area (Å²) < 4.78 is 22.6. The second-order valence-corrected chi connectivity index (χ2v) is 10.1. The van der Waals surface area contributed by atoms with E-state index in [-0.39, 0.29) is 86.9 Å². The molecule has 0 aromatic carbocycles. The Labute approximate surface area is 297 Å².